The van der Waals surface area contributed by atoms with Gasteiger partial charge >= 0.3 is 0 Å². The standard InChI is InChI=1S/C6H5BClN4/c1-7-4-3-5(8)9-2-10-6(3)12-11-4/h2H,1H3,(H,9,10,11,12). The van der Waals surface area contributed by atoms with Gasteiger partial charge in [-0.25, -0.2) is 9.97 Å². The molecule has 1 radical (unpaired) electrons. The van der Waals surface area contributed by atoms with Crippen LogP contribution in [0.1, 0.15) is 0 Å². The molecule has 0 atom stereocenters. The van der Waals surface area contributed by atoms with E-state index in [1.807, 2.05) is 14.1 Å². The van der Waals surface area contributed by atoms with E-state index in [-0.39, 0.29) is 0 Å². The predicted molar refractivity (Wildman–Crippen MR) is 47.9 cm³/mol. The van der Waals surface area contributed by atoms with Crippen LogP contribution in [0.5, 0.6) is 0 Å². The first-order chi connectivity index (χ1) is 5.83. The van der Waals surface area contributed by atoms with Crippen LogP contribution in [0, 0.1) is 0 Å². The van der Waals surface area contributed by atoms with Crippen LogP contribution >= 0.6 is 11.6 Å². The molecule has 0 fully saturated rings. The van der Waals surface area contributed by atoms with Crippen molar-refractivity contribution in [3.05, 3.63) is 11.5 Å². The van der Waals surface area contributed by atoms with E-state index in [4.69, 9.17) is 11.6 Å². The molecule has 0 aliphatic heterocycles. The first-order valence-corrected chi connectivity index (χ1v) is 3.84. The number of aromatic nitrogens is 4. The molecule has 12 heavy (non-hydrogen) atoms. The van der Waals surface area contributed by atoms with Gasteiger partial charge in [0.1, 0.15) is 11.5 Å². The molecule has 1 N–H and O–H groups in total. The van der Waals surface area contributed by atoms with E-state index in [0.717, 1.165) is 11.0 Å². The number of fused-ring (bicyclic) bond motifs is 1. The molecule has 2 aromatic rings. The first-order valence-electron chi connectivity index (χ1n) is 3.47. The van der Waals surface area contributed by atoms with E-state index in [0.29, 0.717) is 10.8 Å². The van der Waals surface area contributed by atoms with Crippen LogP contribution in [0.25, 0.3) is 11.0 Å². The van der Waals surface area contributed by atoms with Gasteiger partial charge in [0.05, 0.1) is 5.39 Å². The summed E-state index contributed by atoms with van der Waals surface area (Å²) < 4.78 is 0. The third-order valence-corrected chi connectivity index (χ3v) is 1.91. The van der Waals surface area contributed by atoms with Crippen molar-refractivity contribution in [3.63, 3.8) is 0 Å². The molecular weight excluding hydrogens is 174 g/mol. The van der Waals surface area contributed by atoms with Gasteiger partial charge in [0.15, 0.2) is 12.9 Å². The molecule has 0 aliphatic carbocycles. The van der Waals surface area contributed by atoms with Gasteiger partial charge in [-0.3, -0.25) is 5.10 Å². The minimum Gasteiger partial charge on any atom is -0.290 e. The van der Waals surface area contributed by atoms with Gasteiger partial charge in [0, 0.05) is 5.59 Å². The number of hydrogen-bond donors (Lipinski definition) is 1. The quantitative estimate of drug-likeness (QED) is 0.509. The zero-order valence-electron chi connectivity index (χ0n) is 6.37. The van der Waals surface area contributed by atoms with Crippen LogP contribution in [-0.2, 0) is 0 Å². The van der Waals surface area contributed by atoms with Crippen LogP contribution in [0.4, 0.5) is 0 Å². The molecule has 0 unspecified atom stereocenters. The smallest absolute Gasteiger partial charge is 0.184 e. The van der Waals surface area contributed by atoms with E-state index in [9.17, 15) is 0 Å². The van der Waals surface area contributed by atoms with Crippen molar-refractivity contribution < 1.29 is 0 Å². The highest BCUT2D eigenvalue weighted by Gasteiger charge is 2.08. The minimum atomic E-state index is 0.432. The van der Waals surface area contributed by atoms with E-state index in [1.165, 1.54) is 6.33 Å². The van der Waals surface area contributed by atoms with E-state index in [1.54, 1.807) is 0 Å². The SMILES string of the molecule is C[B]c1[nH]nc2ncnc(Cl)c12. The van der Waals surface area contributed by atoms with Gasteiger partial charge in [-0.05, 0) is 0 Å². The van der Waals surface area contributed by atoms with E-state index >= 15 is 0 Å². The van der Waals surface area contributed by atoms with Crippen LogP contribution in [0.3, 0.4) is 0 Å². The Balaban J connectivity index is 2.83. The number of aromatic amines is 1. The average Bonchev–Trinajstić information content (AvgIpc) is 2.49. The summed E-state index contributed by atoms with van der Waals surface area (Å²) >= 11 is 5.85. The van der Waals surface area contributed by atoms with Gasteiger partial charge in [-0.2, -0.15) is 5.10 Å². The molecule has 6 heteroatoms. The fourth-order valence-electron chi connectivity index (χ4n) is 1.05. The van der Waals surface area contributed by atoms with E-state index in [2.05, 4.69) is 20.2 Å². The van der Waals surface area contributed by atoms with E-state index < -0.39 is 0 Å². The number of hydrogen-bond acceptors (Lipinski definition) is 3. The third-order valence-electron chi connectivity index (χ3n) is 1.62. The zero-order valence-corrected chi connectivity index (χ0v) is 7.13. The second-order valence-electron chi connectivity index (χ2n) is 2.29. The first kappa shape index (κ1) is 7.55. The molecule has 0 spiro atoms. The van der Waals surface area contributed by atoms with Gasteiger partial charge in [-0.1, -0.05) is 18.4 Å². The Kier molecular flexibility index (Phi) is 1.73. The lowest BCUT2D eigenvalue weighted by atomic mass is 9.77. The Hall–Kier alpha value is -1.10. The summed E-state index contributed by atoms with van der Waals surface area (Å²) in [6.07, 6.45) is 1.39. The van der Waals surface area contributed by atoms with Crippen molar-refractivity contribution >= 4 is 35.5 Å². The predicted octanol–water partition coefficient (Wildman–Crippen LogP) is 0.384. The fraction of sp³-hybridized carbons (Fsp3) is 0.167. The summed E-state index contributed by atoms with van der Waals surface area (Å²) in [5.41, 5.74) is 1.46. The summed E-state index contributed by atoms with van der Waals surface area (Å²) in [6.45, 7) is 1.90. The van der Waals surface area contributed by atoms with Crippen molar-refractivity contribution in [2.45, 2.75) is 6.82 Å². The number of halogens is 1. The Bertz CT molecular complexity index is 413. The number of H-pyrrole nitrogens is 1. The molecule has 4 nitrogen and oxygen atoms in total. The fourth-order valence-corrected chi connectivity index (χ4v) is 1.28. The van der Waals surface area contributed by atoms with Gasteiger partial charge < -0.3 is 0 Å². The summed E-state index contributed by atoms with van der Waals surface area (Å²) in [6, 6.07) is 0. The maximum absolute atomic E-state index is 5.85. The Labute approximate surface area is 74.6 Å². The summed E-state index contributed by atoms with van der Waals surface area (Å²) in [5, 5.41) is 7.98. The molecular formula is C6H5BClN4. The lowest BCUT2D eigenvalue weighted by Gasteiger charge is -1.91. The van der Waals surface area contributed by atoms with Crippen LogP contribution in [0.15, 0.2) is 6.33 Å². The maximum Gasteiger partial charge on any atom is 0.184 e. The van der Waals surface area contributed by atoms with Crippen molar-refractivity contribution in [2.75, 3.05) is 0 Å². The van der Waals surface area contributed by atoms with Gasteiger partial charge in [0.25, 0.3) is 0 Å². The average molecular weight is 179 g/mol. The third kappa shape index (κ3) is 0.974. The molecule has 0 aromatic carbocycles. The van der Waals surface area contributed by atoms with Crippen molar-refractivity contribution in [1.82, 2.24) is 20.2 Å². The van der Waals surface area contributed by atoms with Crippen molar-refractivity contribution in [2.24, 2.45) is 0 Å². The normalized spacial score (nSPS) is 10.5. The molecule has 0 saturated heterocycles. The molecule has 2 rings (SSSR count). The van der Waals surface area contributed by atoms with Crippen LogP contribution in [0.2, 0.25) is 12.0 Å². The molecule has 0 aliphatic rings. The van der Waals surface area contributed by atoms with Crippen LogP contribution in [-0.4, -0.2) is 27.4 Å². The Morgan fingerprint density at radius 1 is 1.50 bits per heavy atom. The van der Waals surface area contributed by atoms with Crippen molar-refractivity contribution in [1.29, 1.82) is 0 Å². The summed E-state index contributed by atoms with van der Waals surface area (Å²) in [4.78, 5) is 7.82. The summed E-state index contributed by atoms with van der Waals surface area (Å²) in [5.74, 6) is 0. The molecule has 0 amide bonds. The Morgan fingerprint density at radius 3 is 3.08 bits per heavy atom. The molecule has 59 valence electrons. The van der Waals surface area contributed by atoms with Gasteiger partial charge in [-0.15, -0.1) is 0 Å². The highest BCUT2D eigenvalue weighted by Crippen LogP contribution is 2.13. The molecule has 2 aromatic heterocycles. The topological polar surface area (TPSA) is 54.5 Å². The van der Waals surface area contributed by atoms with Crippen LogP contribution < -0.4 is 5.59 Å². The molecule has 0 bridgehead atoms. The number of rotatable bonds is 1. The van der Waals surface area contributed by atoms with Crippen molar-refractivity contribution in [3.8, 4) is 0 Å². The highest BCUT2D eigenvalue weighted by molar-refractivity contribution is 6.56. The number of nitrogens with zero attached hydrogens (tertiary/aromatic N) is 3. The zero-order chi connectivity index (χ0) is 8.55. The molecule has 2 heterocycles. The minimum absolute atomic E-state index is 0.432. The largest absolute Gasteiger partial charge is 0.290 e. The maximum atomic E-state index is 5.85. The summed E-state index contributed by atoms with van der Waals surface area (Å²) in [7, 11) is 1.88. The number of nitrogens with one attached hydrogen (secondary N) is 1. The van der Waals surface area contributed by atoms with Gasteiger partial charge in [0.2, 0.25) is 0 Å². The second kappa shape index (κ2) is 2.75. The lowest BCUT2D eigenvalue weighted by Crippen LogP contribution is -2.12. The lowest BCUT2D eigenvalue weighted by molar-refractivity contribution is 1.10. The highest BCUT2D eigenvalue weighted by atomic mass is 35.5. The Morgan fingerprint density at radius 2 is 2.33 bits per heavy atom. The monoisotopic (exact) mass is 179 g/mol. The second-order valence-corrected chi connectivity index (χ2v) is 2.65. The molecule has 0 saturated carbocycles.